The topological polar surface area (TPSA) is 52.3 Å². The zero-order chi connectivity index (χ0) is 9.14. The van der Waals surface area contributed by atoms with Crippen molar-refractivity contribution in [3.8, 4) is 0 Å². The third kappa shape index (κ3) is 1.97. The Morgan fingerprint density at radius 2 is 2.17 bits per heavy atom. The van der Waals surface area contributed by atoms with Gasteiger partial charge in [0.1, 0.15) is 0 Å². The lowest BCUT2D eigenvalue weighted by molar-refractivity contribution is -0.147. The van der Waals surface area contributed by atoms with Gasteiger partial charge < -0.3 is 10.5 Å². The molecule has 1 aliphatic carbocycles. The van der Waals surface area contributed by atoms with Gasteiger partial charge in [0.2, 0.25) is 0 Å². The van der Waals surface area contributed by atoms with Crippen molar-refractivity contribution >= 4 is 5.97 Å². The van der Waals surface area contributed by atoms with Crippen LogP contribution in [-0.4, -0.2) is 19.1 Å². The third-order valence-corrected chi connectivity index (χ3v) is 2.79. The van der Waals surface area contributed by atoms with Gasteiger partial charge in [0.05, 0.1) is 13.0 Å². The van der Waals surface area contributed by atoms with Gasteiger partial charge in [0.25, 0.3) is 0 Å². The molecule has 1 fully saturated rings. The molecule has 1 aliphatic rings. The maximum Gasteiger partial charge on any atom is 0.308 e. The van der Waals surface area contributed by atoms with Crippen LogP contribution in [0.2, 0.25) is 0 Å². The highest BCUT2D eigenvalue weighted by Gasteiger charge is 2.29. The van der Waals surface area contributed by atoms with Crippen molar-refractivity contribution in [3.63, 3.8) is 0 Å². The van der Waals surface area contributed by atoms with E-state index in [1.807, 2.05) is 0 Å². The average molecular weight is 171 g/mol. The highest BCUT2D eigenvalue weighted by Crippen LogP contribution is 2.28. The lowest BCUT2D eigenvalue weighted by Crippen LogP contribution is -2.37. The largest absolute Gasteiger partial charge is 0.469 e. The molecule has 0 aromatic carbocycles. The second kappa shape index (κ2) is 3.90. The first-order chi connectivity index (χ1) is 5.65. The van der Waals surface area contributed by atoms with Crippen molar-refractivity contribution in [3.05, 3.63) is 0 Å². The Morgan fingerprint density at radius 1 is 1.50 bits per heavy atom. The molecule has 70 valence electrons. The molecule has 3 nitrogen and oxygen atoms in total. The highest BCUT2D eigenvalue weighted by molar-refractivity contribution is 5.72. The molecular formula is C9H17NO2. The first-order valence-corrected chi connectivity index (χ1v) is 4.48. The minimum absolute atomic E-state index is 0.0428. The standard InChI is InChI=1S/C9H17NO2/c1-6-3-4-7(5-8(6)10)9(11)12-2/h6-8H,3-5,10H2,1-2H3/t6-,7+,8+/m0/s1. The molecule has 0 saturated heterocycles. The van der Waals surface area contributed by atoms with Gasteiger partial charge in [-0.05, 0) is 25.2 Å². The van der Waals surface area contributed by atoms with Gasteiger partial charge in [0.15, 0.2) is 0 Å². The number of hydrogen-bond donors (Lipinski definition) is 1. The van der Waals surface area contributed by atoms with Crippen molar-refractivity contribution in [1.82, 2.24) is 0 Å². The summed E-state index contributed by atoms with van der Waals surface area (Å²) in [6.07, 6.45) is 2.76. The molecular weight excluding hydrogens is 154 g/mol. The number of carbonyl (C=O) groups is 1. The van der Waals surface area contributed by atoms with Gasteiger partial charge >= 0.3 is 5.97 Å². The number of rotatable bonds is 1. The fraction of sp³-hybridized carbons (Fsp3) is 0.889. The van der Waals surface area contributed by atoms with Crippen LogP contribution in [0.15, 0.2) is 0 Å². The first-order valence-electron chi connectivity index (χ1n) is 4.48. The van der Waals surface area contributed by atoms with Gasteiger partial charge in [-0.2, -0.15) is 0 Å². The molecule has 0 unspecified atom stereocenters. The Labute approximate surface area is 73.3 Å². The van der Waals surface area contributed by atoms with Crippen LogP contribution in [0.4, 0.5) is 0 Å². The molecule has 0 heterocycles. The summed E-state index contributed by atoms with van der Waals surface area (Å²) in [4.78, 5) is 11.1. The minimum atomic E-state index is -0.0997. The summed E-state index contributed by atoms with van der Waals surface area (Å²) in [5.41, 5.74) is 5.85. The summed E-state index contributed by atoms with van der Waals surface area (Å²) in [5.74, 6) is 0.490. The fourth-order valence-corrected chi connectivity index (χ4v) is 1.74. The van der Waals surface area contributed by atoms with Gasteiger partial charge in [-0.15, -0.1) is 0 Å². The first kappa shape index (κ1) is 9.52. The monoisotopic (exact) mass is 171 g/mol. The van der Waals surface area contributed by atoms with Crippen LogP contribution in [0.25, 0.3) is 0 Å². The van der Waals surface area contributed by atoms with Crippen LogP contribution < -0.4 is 5.73 Å². The Morgan fingerprint density at radius 3 is 2.67 bits per heavy atom. The lowest BCUT2D eigenvalue weighted by Gasteiger charge is -2.30. The van der Waals surface area contributed by atoms with Crippen molar-refractivity contribution in [1.29, 1.82) is 0 Å². The van der Waals surface area contributed by atoms with Gasteiger partial charge in [-0.3, -0.25) is 4.79 Å². The highest BCUT2D eigenvalue weighted by atomic mass is 16.5. The van der Waals surface area contributed by atoms with Crippen molar-refractivity contribution in [2.45, 2.75) is 32.2 Å². The average Bonchev–Trinajstić information content (AvgIpc) is 2.08. The van der Waals surface area contributed by atoms with Crippen molar-refractivity contribution in [2.24, 2.45) is 17.6 Å². The SMILES string of the molecule is COC(=O)[C@@H]1CC[C@H](C)[C@H](N)C1. The van der Waals surface area contributed by atoms with E-state index in [2.05, 4.69) is 11.7 Å². The predicted molar refractivity (Wildman–Crippen MR) is 46.5 cm³/mol. The number of carbonyl (C=O) groups excluding carboxylic acids is 1. The number of esters is 1. The molecule has 3 heteroatoms. The molecule has 1 rings (SSSR count). The van der Waals surface area contributed by atoms with Crippen LogP contribution in [0.1, 0.15) is 26.2 Å². The molecule has 3 atom stereocenters. The molecule has 0 radical (unpaired) electrons. The van der Waals surface area contributed by atoms with Gasteiger partial charge in [0, 0.05) is 6.04 Å². The number of ether oxygens (including phenoxy) is 1. The molecule has 2 N–H and O–H groups in total. The predicted octanol–water partition coefficient (Wildman–Crippen LogP) is 0.923. The second-order valence-electron chi connectivity index (χ2n) is 3.67. The van der Waals surface area contributed by atoms with Gasteiger partial charge in [-0.25, -0.2) is 0 Å². The smallest absolute Gasteiger partial charge is 0.308 e. The molecule has 0 aromatic rings. The number of methoxy groups -OCH3 is 1. The Bertz CT molecular complexity index is 170. The quantitative estimate of drug-likeness (QED) is 0.597. The Balaban J connectivity index is 2.45. The van der Waals surface area contributed by atoms with Crippen LogP contribution in [0.5, 0.6) is 0 Å². The van der Waals surface area contributed by atoms with E-state index in [0.717, 1.165) is 19.3 Å². The van der Waals surface area contributed by atoms with Crippen molar-refractivity contribution in [2.75, 3.05) is 7.11 Å². The van der Waals surface area contributed by atoms with Crippen molar-refractivity contribution < 1.29 is 9.53 Å². The molecule has 0 bridgehead atoms. The summed E-state index contributed by atoms with van der Waals surface area (Å²) in [6, 6.07) is 0.169. The van der Waals surface area contributed by atoms with E-state index < -0.39 is 0 Å². The molecule has 0 amide bonds. The van der Waals surface area contributed by atoms with Crippen LogP contribution in [0, 0.1) is 11.8 Å². The number of hydrogen-bond acceptors (Lipinski definition) is 3. The summed E-state index contributed by atoms with van der Waals surface area (Å²) >= 11 is 0. The minimum Gasteiger partial charge on any atom is -0.469 e. The zero-order valence-corrected chi connectivity index (χ0v) is 7.75. The maximum absolute atomic E-state index is 11.1. The summed E-state index contributed by atoms with van der Waals surface area (Å²) in [7, 11) is 1.44. The van der Waals surface area contributed by atoms with E-state index in [1.165, 1.54) is 7.11 Å². The second-order valence-corrected chi connectivity index (χ2v) is 3.67. The third-order valence-electron chi connectivity index (χ3n) is 2.79. The molecule has 1 saturated carbocycles. The van der Waals surface area contributed by atoms with E-state index in [-0.39, 0.29) is 17.9 Å². The van der Waals surface area contributed by atoms with Crippen LogP contribution >= 0.6 is 0 Å². The molecule has 0 aliphatic heterocycles. The van der Waals surface area contributed by atoms with E-state index in [1.54, 1.807) is 0 Å². The molecule has 0 aromatic heterocycles. The zero-order valence-electron chi connectivity index (χ0n) is 7.75. The Kier molecular flexibility index (Phi) is 3.09. The summed E-state index contributed by atoms with van der Waals surface area (Å²) in [5, 5.41) is 0. The Hall–Kier alpha value is -0.570. The summed E-state index contributed by atoms with van der Waals surface area (Å²) < 4.78 is 4.68. The molecule has 12 heavy (non-hydrogen) atoms. The lowest BCUT2D eigenvalue weighted by atomic mass is 9.80. The summed E-state index contributed by atoms with van der Waals surface area (Å²) in [6.45, 7) is 2.14. The van der Waals surface area contributed by atoms with Crippen LogP contribution in [-0.2, 0) is 9.53 Å². The van der Waals surface area contributed by atoms with E-state index in [0.29, 0.717) is 5.92 Å². The normalized spacial score (nSPS) is 36.1. The van der Waals surface area contributed by atoms with Crippen LogP contribution in [0.3, 0.4) is 0 Å². The maximum atomic E-state index is 11.1. The number of nitrogens with two attached hydrogens (primary N) is 1. The van der Waals surface area contributed by atoms with E-state index in [4.69, 9.17) is 5.73 Å². The fourth-order valence-electron chi connectivity index (χ4n) is 1.74. The van der Waals surface area contributed by atoms with E-state index in [9.17, 15) is 4.79 Å². The molecule has 0 spiro atoms. The van der Waals surface area contributed by atoms with Gasteiger partial charge in [-0.1, -0.05) is 6.92 Å². The van der Waals surface area contributed by atoms with E-state index >= 15 is 0 Å².